The Morgan fingerprint density at radius 1 is 1.29 bits per heavy atom. The van der Waals surface area contributed by atoms with E-state index in [4.69, 9.17) is 6.57 Å². The number of anilines is 1. The lowest BCUT2D eigenvalue weighted by atomic mass is 9.82. The van der Waals surface area contributed by atoms with Crippen LogP contribution in [0.4, 0.5) is 11.4 Å². The first kappa shape index (κ1) is 12.4. The van der Waals surface area contributed by atoms with Gasteiger partial charge in [0.2, 0.25) is 0 Å². The van der Waals surface area contributed by atoms with E-state index in [1.807, 2.05) is 12.1 Å². The van der Waals surface area contributed by atoms with Gasteiger partial charge < -0.3 is 4.90 Å². The summed E-state index contributed by atoms with van der Waals surface area (Å²) in [6, 6.07) is 5.85. The summed E-state index contributed by atoms with van der Waals surface area (Å²) in [6.07, 6.45) is 2.45. The van der Waals surface area contributed by atoms with Gasteiger partial charge in [-0.05, 0) is 46.3 Å². The summed E-state index contributed by atoms with van der Waals surface area (Å²) in [5.74, 6) is 0. The van der Waals surface area contributed by atoms with Gasteiger partial charge in [0, 0.05) is 23.2 Å². The van der Waals surface area contributed by atoms with Crippen molar-refractivity contribution in [2.24, 2.45) is 5.41 Å². The number of nitrogens with zero attached hydrogens (tertiary/aromatic N) is 2. The zero-order chi connectivity index (χ0) is 12.5. The average molecular weight is 293 g/mol. The second-order valence-corrected chi connectivity index (χ2v) is 6.25. The van der Waals surface area contributed by atoms with Crippen LogP contribution in [0.5, 0.6) is 0 Å². The predicted octanol–water partition coefficient (Wildman–Crippen LogP) is 4.63. The van der Waals surface area contributed by atoms with Gasteiger partial charge in [-0.15, -0.1) is 0 Å². The van der Waals surface area contributed by atoms with E-state index in [9.17, 15) is 0 Å². The van der Waals surface area contributed by atoms with E-state index in [0.29, 0.717) is 11.1 Å². The van der Waals surface area contributed by atoms with Crippen LogP contribution in [-0.2, 0) is 0 Å². The maximum atomic E-state index is 7.00. The number of piperidine rings is 1. The third-order valence-electron chi connectivity index (χ3n) is 3.52. The average Bonchev–Trinajstić information content (AvgIpc) is 2.29. The Hall–Kier alpha value is -1.01. The molecule has 90 valence electrons. The lowest BCUT2D eigenvalue weighted by molar-refractivity contribution is 0.279. The molecule has 1 aliphatic heterocycles. The first-order valence-corrected chi connectivity index (χ1v) is 6.73. The Morgan fingerprint density at radius 2 is 1.94 bits per heavy atom. The highest BCUT2D eigenvalue weighted by Crippen LogP contribution is 2.36. The van der Waals surface area contributed by atoms with Gasteiger partial charge in [-0.3, -0.25) is 0 Å². The molecular formula is C14H17BrN2. The molecule has 0 bridgehead atoms. The molecule has 0 unspecified atom stereocenters. The zero-order valence-electron chi connectivity index (χ0n) is 10.3. The predicted molar refractivity (Wildman–Crippen MR) is 75.6 cm³/mol. The molecule has 1 aromatic rings. The van der Waals surface area contributed by atoms with E-state index < -0.39 is 0 Å². The van der Waals surface area contributed by atoms with Crippen molar-refractivity contribution in [1.29, 1.82) is 0 Å². The number of halogens is 1. The largest absolute Gasteiger partial charge is 0.371 e. The Balaban J connectivity index is 2.17. The molecule has 0 aliphatic carbocycles. The molecule has 0 saturated carbocycles. The molecule has 0 atom stereocenters. The van der Waals surface area contributed by atoms with Crippen LogP contribution in [0, 0.1) is 12.0 Å². The highest BCUT2D eigenvalue weighted by atomic mass is 79.9. The summed E-state index contributed by atoms with van der Waals surface area (Å²) in [4.78, 5) is 5.85. The smallest absolute Gasteiger partial charge is 0.188 e. The van der Waals surface area contributed by atoms with Crippen LogP contribution in [-0.4, -0.2) is 13.1 Å². The van der Waals surface area contributed by atoms with Crippen molar-refractivity contribution < 1.29 is 0 Å². The van der Waals surface area contributed by atoms with Crippen molar-refractivity contribution in [2.75, 3.05) is 18.0 Å². The van der Waals surface area contributed by atoms with Crippen molar-refractivity contribution in [3.05, 3.63) is 34.1 Å². The van der Waals surface area contributed by atoms with Crippen LogP contribution < -0.4 is 4.90 Å². The minimum atomic E-state index is 0.472. The summed E-state index contributed by atoms with van der Waals surface area (Å²) in [5.41, 5.74) is 2.38. The Bertz CT molecular complexity index is 450. The van der Waals surface area contributed by atoms with Gasteiger partial charge >= 0.3 is 0 Å². The molecule has 0 amide bonds. The molecule has 0 aromatic heterocycles. The third-order valence-corrected chi connectivity index (χ3v) is 4.15. The standard InChI is InChI=1S/C14H17BrN2/c1-14(2)6-8-17(9-7-14)13-5-4-11(16-3)10-12(13)15/h4-5,10H,6-9H2,1-2H3. The SMILES string of the molecule is [C-]#[N+]c1ccc(N2CCC(C)(C)CC2)c(Br)c1. The lowest BCUT2D eigenvalue weighted by Crippen LogP contribution is -2.37. The Morgan fingerprint density at radius 3 is 2.47 bits per heavy atom. The fourth-order valence-electron chi connectivity index (χ4n) is 2.17. The van der Waals surface area contributed by atoms with E-state index in [0.717, 1.165) is 17.6 Å². The van der Waals surface area contributed by atoms with Crippen molar-refractivity contribution >= 4 is 27.3 Å². The van der Waals surface area contributed by atoms with Gasteiger partial charge in [-0.1, -0.05) is 19.9 Å². The summed E-state index contributed by atoms with van der Waals surface area (Å²) >= 11 is 3.57. The van der Waals surface area contributed by atoms with E-state index in [2.05, 4.69) is 45.6 Å². The topological polar surface area (TPSA) is 7.60 Å². The lowest BCUT2D eigenvalue weighted by Gasteiger charge is -2.38. The molecule has 3 heteroatoms. The summed E-state index contributed by atoms with van der Waals surface area (Å²) in [5, 5.41) is 0. The van der Waals surface area contributed by atoms with Crippen LogP contribution in [0.2, 0.25) is 0 Å². The molecule has 1 fully saturated rings. The van der Waals surface area contributed by atoms with Crippen LogP contribution >= 0.6 is 15.9 Å². The van der Waals surface area contributed by atoms with Crippen molar-refractivity contribution in [3.8, 4) is 0 Å². The van der Waals surface area contributed by atoms with Crippen LogP contribution in [0.3, 0.4) is 0 Å². The molecular weight excluding hydrogens is 276 g/mol. The van der Waals surface area contributed by atoms with E-state index in [1.54, 1.807) is 0 Å². The molecule has 1 saturated heterocycles. The molecule has 1 aromatic carbocycles. The Labute approximate surface area is 112 Å². The molecule has 1 aliphatic rings. The third kappa shape index (κ3) is 2.81. The molecule has 0 radical (unpaired) electrons. The van der Waals surface area contributed by atoms with Gasteiger partial charge in [0.15, 0.2) is 5.69 Å². The second-order valence-electron chi connectivity index (χ2n) is 5.40. The number of benzene rings is 1. The maximum Gasteiger partial charge on any atom is 0.188 e. The van der Waals surface area contributed by atoms with Gasteiger partial charge in [-0.2, -0.15) is 0 Å². The van der Waals surface area contributed by atoms with Gasteiger partial charge in [0.25, 0.3) is 0 Å². The number of hydrogen-bond acceptors (Lipinski definition) is 1. The monoisotopic (exact) mass is 292 g/mol. The minimum Gasteiger partial charge on any atom is -0.371 e. The van der Waals surface area contributed by atoms with E-state index in [-0.39, 0.29) is 0 Å². The summed E-state index contributed by atoms with van der Waals surface area (Å²) < 4.78 is 1.03. The fourth-order valence-corrected chi connectivity index (χ4v) is 2.79. The van der Waals surface area contributed by atoms with Crippen molar-refractivity contribution in [1.82, 2.24) is 0 Å². The molecule has 1 heterocycles. The quantitative estimate of drug-likeness (QED) is 0.685. The zero-order valence-corrected chi connectivity index (χ0v) is 11.9. The molecule has 0 spiro atoms. The van der Waals surface area contributed by atoms with E-state index in [1.165, 1.54) is 18.5 Å². The Kier molecular flexibility index (Phi) is 3.44. The number of rotatable bonds is 1. The molecule has 17 heavy (non-hydrogen) atoms. The molecule has 0 N–H and O–H groups in total. The molecule has 2 nitrogen and oxygen atoms in total. The fraction of sp³-hybridized carbons (Fsp3) is 0.500. The van der Waals surface area contributed by atoms with Crippen LogP contribution in [0.25, 0.3) is 4.85 Å². The van der Waals surface area contributed by atoms with E-state index >= 15 is 0 Å². The highest BCUT2D eigenvalue weighted by Gasteiger charge is 2.26. The second kappa shape index (κ2) is 4.70. The first-order chi connectivity index (χ1) is 8.02. The molecule has 2 rings (SSSR count). The minimum absolute atomic E-state index is 0.472. The number of hydrogen-bond donors (Lipinski definition) is 0. The van der Waals surface area contributed by atoms with Crippen molar-refractivity contribution in [3.63, 3.8) is 0 Å². The van der Waals surface area contributed by atoms with Crippen molar-refractivity contribution in [2.45, 2.75) is 26.7 Å². The normalized spacial score (nSPS) is 18.8. The summed E-state index contributed by atoms with van der Waals surface area (Å²) in [6.45, 7) is 13.9. The van der Waals surface area contributed by atoms with Gasteiger partial charge in [-0.25, -0.2) is 4.85 Å². The highest BCUT2D eigenvalue weighted by molar-refractivity contribution is 9.10. The van der Waals surface area contributed by atoms with Gasteiger partial charge in [0.05, 0.1) is 6.57 Å². The summed E-state index contributed by atoms with van der Waals surface area (Å²) in [7, 11) is 0. The van der Waals surface area contributed by atoms with Crippen LogP contribution in [0.1, 0.15) is 26.7 Å². The van der Waals surface area contributed by atoms with Crippen LogP contribution in [0.15, 0.2) is 22.7 Å². The first-order valence-electron chi connectivity index (χ1n) is 5.94. The maximum absolute atomic E-state index is 7.00. The van der Waals surface area contributed by atoms with Gasteiger partial charge in [0.1, 0.15) is 0 Å².